The van der Waals surface area contributed by atoms with E-state index in [4.69, 9.17) is 9.47 Å². The number of benzene rings is 1. The molecule has 1 unspecified atom stereocenters. The topological polar surface area (TPSA) is 77.5 Å². The molecular formula is C20H26N2O4S. The van der Waals surface area contributed by atoms with Crippen molar-refractivity contribution in [1.29, 1.82) is 0 Å². The van der Waals surface area contributed by atoms with Crippen molar-refractivity contribution < 1.29 is 17.9 Å². The Morgan fingerprint density at radius 3 is 2.44 bits per heavy atom. The average molecular weight is 391 g/mol. The SMILES string of the molecule is CC(C)Oc1ccc(S(=O)(=O)NC(c2cccnc2)C2CCOCC2)cc1. The Balaban J connectivity index is 1.83. The van der Waals surface area contributed by atoms with Crippen molar-refractivity contribution in [1.82, 2.24) is 9.71 Å². The summed E-state index contributed by atoms with van der Waals surface area (Å²) in [5.74, 6) is 0.818. The van der Waals surface area contributed by atoms with E-state index in [9.17, 15) is 8.42 Å². The van der Waals surface area contributed by atoms with E-state index in [1.165, 1.54) is 0 Å². The van der Waals surface area contributed by atoms with Crippen molar-refractivity contribution >= 4 is 10.0 Å². The molecule has 0 saturated carbocycles. The number of hydrogen-bond acceptors (Lipinski definition) is 5. The number of aromatic nitrogens is 1. The Hall–Kier alpha value is -1.96. The maximum Gasteiger partial charge on any atom is 0.241 e. The molecule has 0 bridgehead atoms. The minimum absolute atomic E-state index is 0.0362. The molecule has 0 spiro atoms. The van der Waals surface area contributed by atoms with E-state index in [0.717, 1.165) is 18.4 Å². The van der Waals surface area contributed by atoms with Gasteiger partial charge >= 0.3 is 0 Å². The predicted molar refractivity (Wildman–Crippen MR) is 103 cm³/mol. The third-order valence-corrected chi connectivity index (χ3v) is 6.03. The lowest BCUT2D eigenvalue weighted by molar-refractivity contribution is 0.0564. The van der Waals surface area contributed by atoms with Crippen LogP contribution >= 0.6 is 0 Å². The van der Waals surface area contributed by atoms with Gasteiger partial charge in [-0.1, -0.05) is 6.07 Å². The fourth-order valence-corrected chi connectivity index (χ4v) is 4.54. The quantitative estimate of drug-likeness (QED) is 0.785. The van der Waals surface area contributed by atoms with Crippen molar-refractivity contribution in [3.8, 4) is 5.75 Å². The number of sulfonamides is 1. The van der Waals surface area contributed by atoms with Gasteiger partial charge in [0.1, 0.15) is 5.75 Å². The van der Waals surface area contributed by atoms with Crippen LogP contribution in [-0.4, -0.2) is 32.7 Å². The average Bonchev–Trinajstić information content (AvgIpc) is 2.67. The highest BCUT2D eigenvalue weighted by molar-refractivity contribution is 7.89. The molecule has 2 aromatic rings. The van der Waals surface area contributed by atoms with Crippen molar-refractivity contribution in [2.45, 2.75) is 43.7 Å². The molecule has 0 aliphatic carbocycles. The van der Waals surface area contributed by atoms with Gasteiger partial charge in [0.2, 0.25) is 10.0 Å². The summed E-state index contributed by atoms with van der Waals surface area (Å²) in [4.78, 5) is 4.38. The fourth-order valence-electron chi connectivity index (χ4n) is 3.25. The molecule has 7 heteroatoms. The van der Waals surface area contributed by atoms with Gasteiger partial charge in [0.05, 0.1) is 17.0 Å². The molecule has 1 aliphatic heterocycles. The van der Waals surface area contributed by atoms with E-state index in [2.05, 4.69) is 9.71 Å². The van der Waals surface area contributed by atoms with Crippen LogP contribution in [0.4, 0.5) is 0 Å². The van der Waals surface area contributed by atoms with Crippen LogP contribution in [0.25, 0.3) is 0 Å². The zero-order valence-electron chi connectivity index (χ0n) is 15.7. The van der Waals surface area contributed by atoms with E-state index in [1.807, 2.05) is 26.0 Å². The summed E-state index contributed by atoms with van der Waals surface area (Å²) in [5.41, 5.74) is 0.868. The van der Waals surface area contributed by atoms with Gasteiger partial charge in [0.25, 0.3) is 0 Å². The molecule has 0 radical (unpaired) electrons. The molecule has 1 N–H and O–H groups in total. The summed E-state index contributed by atoms with van der Waals surface area (Å²) >= 11 is 0. The summed E-state index contributed by atoms with van der Waals surface area (Å²) in [6.07, 6.45) is 5.07. The molecule has 6 nitrogen and oxygen atoms in total. The van der Waals surface area contributed by atoms with Gasteiger partial charge in [-0.05, 0) is 68.5 Å². The lowest BCUT2D eigenvalue weighted by Gasteiger charge is -2.31. The Bertz CT molecular complexity index is 817. The van der Waals surface area contributed by atoms with E-state index < -0.39 is 10.0 Å². The Labute approximate surface area is 161 Å². The predicted octanol–water partition coefficient (Wildman–Crippen LogP) is 3.32. The zero-order chi connectivity index (χ0) is 19.3. The van der Waals surface area contributed by atoms with Gasteiger partial charge in [0.15, 0.2) is 0 Å². The van der Waals surface area contributed by atoms with E-state index in [-0.39, 0.29) is 23.0 Å². The van der Waals surface area contributed by atoms with Gasteiger partial charge in [-0.3, -0.25) is 4.98 Å². The van der Waals surface area contributed by atoms with Crippen molar-refractivity contribution in [2.24, 2.45) is 5.92 Å². The molecule has 27 heavy (non-hydrogen) atoms. The molecule has 1 atom stereocenters. The zero-order valence-corrected chi connectivity index (χ0v) is 16.5. The minimum atomic E-state index is -3.68. The summed E-state index contributed by atoms with van der Waals surface area (Å²) in [6, 6.07) is 9.92. The van der Waals surface area contributed by atoms with E-state index in [1.54, 1.807) is 36.7 Å². The summed E-state index contributed by atoms with van der Waals surface area (Å²) in [5, 5.41) is 0. The van der Waals surface area contributed by atoms with Crippen LogP contribution in [0, 0.1) is 5.92 Å². The lowest BCUT2D eigenvalue weighted by atomic mass is 9.88. The third kappa shape index (κ3) is 5.28. The van der Waals surface area contributed by atoms with E-state index in [0.29, 0.717) is 19.0 Å². The smallest absolute Gasteiger partial charge is 0.241 e. The van der Waals surface area contributed by atoms with Crippen molar-refractivity contribution in [3.63, 3.8) is 0 Å². The fraction of sp³-hybridized carbons (Fsp3) is 0.450. The maximum atomic E-state index is 13.0. The number of pyridine rings is 1. The molecule has 1 fully saturated rings. The number of nitrogens with zero attached hydrogens (tertiary/aromatic N) is 1. The molecule has 1 aliphatic rings. The van der Waals surface area contributed by atoms with Crippen LogP contribution in [-0.2, 0) is 14.8 Å². The van der Waals surface area contributed by atoms with Crippen LogP contribution in [0.2, 0.25) is 0 Å². The van der Waals surface area contributed by atoms with Crippen molar-refractivity contribution in [3.05, 3.63) is 54.4 Å². The highest BCUT2D eigenvalue weighted by Gasteiger charge is 2.30. The van der Waals surface area contributed by atoms with Crippen LogP contribution in [0.5, 0.6) is 5.75 Å². The Kier molecular flexibility index (Phi) is 6.46. The van der Waals surface area contributed by atoms with Gasteiger partial charge in [-0.25, -0.2) is 13.1 Å². The maximum absolute atomic E-state index is 13.0. The number of rotatable bonds is 7. The summed E-state index contributed by atoms with van der Waals surface area (Å²) in [6.45, 7) is 5.14. The number of hydrogen-bond donors (Lipinski definition) is 1. The minimum Gasteiger partial charge on any atom is -0.491 e. The second-order valence-corrected chi connectivity index (χ2v) is 8.69. The summed E-state index contributed by atoms with van der Waals surface area (Å²) < 4.78 is 39.9. The number of ether oxygens (including phenoxy) is 2. The first-order valence-corrected chi connectivity index (χ1v) is 10.7. The number of nitrogens with one attached hydrogen (secondary N) is 1. The third-order valence-electron chi connectivity index (χ3n) is 4.57. The van der Waals surface area contributed by atoms with Crippen molar-refractivity contribution in [2.75, 3.05) is 13.2 Å². The molecule has 1 aromatic heterocycles. The van der Waals surface area contributed by atoms with E-state index >= 15 is 0 Å². The van der Waals surface area contributed by atoms with Gasteiger partial charge < -0.3 is 9.47 Å². The first kappa shape index (κ1) is 19.8. The molecule has 146 valence electrons. The first-order valence-electron chi connectivity index (χ1n) is 9.22. The highest BCUT2D eigenvalue weighted by atomic mass is 32.2. The van der Waals surface area contributed by atoms with Gasteiger partial charge in [-0.2, -0.15) is 0 Å². The van der Waals surface area contributed by atoms with Gasteiger partial charge in [0, 0.05) is 25.6 Å². The normalized spacial score (nSPS) is 17.0. The second-order valence-electron chi connectivity index (χ2n) is 6.97. The highest BCUT2D eigenvalue weighted by Crippen LogP contribution is 2.31. The first-order chi connectivity index (χ1) is 13.0. The van der Waals surface area contributed by atoms with Crippen LogP contribution in [0.3, 0.4) is 0 Å². The van der Waals surface area contributed by atoms with Crippen LogP contribution in [0.15, 0.2) is 53.7 Å². The lowest BCUT2D eigenvalue weighted by Crippen LogP contribution is -2.36. The monoisotopic (exact) mass is 390 g/mol. The van der Waals surface area contributed by atoms with Crippen LogP contribution < -0.4 is 9.46 Å². The van der Waals surface area contributed by atoms with Gasteiger partial charge in [-0.15, -0.1) is 0 Å². The second kappa shape index (κ2) is 8.82. The molecular weight excluding hydrogens is 364 g/mol. The Morgan fingerprint density at radius 2 is 1.85 bits per heavy atom. The Morgan fingerprint density at radius 1 is 1.15 bits per heavy atom. The summed E-state index contributed by atoms with van der Waals surface area (Å²) in [7, 11) is -3.68. The molecule has 3 rings (SSSR count). The van der Waals surface area contributed by atoms with Crippen LogP contribution in [0.1, 0.15) is 38.3 Å². The largest absolute Gasteiger partial charge is 0.491 e. The standard InChI is InChI=1S/C20H26N2O4S/c1-15(2)26-18-5-7-19(8-6-18)27(23,24)22-20(16-9-12-25-13-10-16)17-4-3-11-21-14-17/h3-8,11,14-16,20,22H,9-10,12-13H2,1-2H3. The molecule has 0 amide bonds. The molecule has 2 heterocycles. The molecule has 1 aromatic carbocycles. The molecule has 1 saturated heterocycles.